The summed E-state index contributed by atoms with van der Waals surface area (Å²) in [5, 5.41) is 13.2. The number of hydrogen-bond acceptors (Lipinski definition) is 3. The van der Waals surface area contributed by atoms with Gasteiger partial charge in [0.05, 0.1) is 16.7 Å². The van der Waals surface area contributed by atoms with E-state index < -0.39 is 16.4 Å². The van der Waals surface area contributed by atoms with Crippen molar-refractivity contribution in [2.45, 2.75) is 18.9 Å². The summed E-state index contributed by atoms with van der Waals surface area (Å²) in [4.78, 5) is 24.4. The predicted octanol–water partition coefficient (Wildman–Crippen LogP) is 2.28. The van der Waals surface area contributed by atoms with Crippen molar-refractivity contribution < 1.29 is 9.72 Å². The summed E-state index contributed by atoms with van der Waals surface area (Å²) in [5.74, 6) is -0.130. The first-order chi connectivity index (χ1) is 8.48. The monoisotopic (exact) mass is 293 g/mol. The fraction of sp³-hybridized carbons (Fsp3) is 0.500. The number of halogens is 2. The van der Waals surface area contributed by atoms with Crippen LogP contribution in [0.25, 0.3) is 0 Å². The zero-order chi connectivity index (χ0) is 13.8. The average Bonchev–Trinajstić information content (AvgIpc) is 2.86. The Balaban J connectivity index is 2.84. The van der Waals surface area contributed by atoms with Crippen LogP contribution in [-0.2, 0) is 0 Å². The number of hydrogen-bond donors (Lipinski definition) is 2. The van der Waals surface area contributed by atoms with Gasteiger partial charge in [-0.05, 0) is 6.42 Å². The van der Waals surface area contributed by atoms with Gasteiger partial charge in [0, 0.05) is 17.8 Å². The summed E-state index contributed by atoms with van der Waals surface area (Å²) >= 11 is 11.6. The summed E-state index contributed by atoms with van der Waals surface area (Å²) in [6.45, 7) is 1.85. The van der Waals surface area contributed by atoms with E-state index in [1.54, 1.807) is 0 Å². The van der Waals surface area contributed by atoms with Crippen molar-refractivity contribution in [1.82, 2.24) is 10.3 Å². The summed E-state index contributed by atoms with van der Waals surface area (Å²) in [7, 11) is 0. The Morgan fingerprint density at radius 3 is 2.56 bits per heavy atom. The van der Waals surface area contributed by atoms with Crippen molar-refractivity contribution in [3.8, 4) is 0 Å². The Bertz CT molecular complexity index is 435. The highest BCUT2D eigenvalue weighted by Crippen LogP contribution is 2.17. The third-order valence-corrected chi connectivity index (χ3v) is 3.71. The average molecular weight is 294 g/mol. The fourth-order valence-corrected chi connectivity index (χ4v) is 2.10. The number of aromatic amines is 1. The highest BCUT2D eigenvalue weighted by atomic mass is 35.5. The zero-order valence-electron chi connectivity index (χ0n) is 9.70. The molecule has 0 spiro atoms. The number of nitro groups is 1. The van der Waals surface area contributed by atoms with Crippen molar-refractivity contribution in [2.75, 3.05) is 11.8 Å². The van der Waals surface area contributed by atoms with Gasteiger partial charge in [0.25, 0.3) is 11.6 Å². The molecule has 0 aromatic carbocycles. The van der Waals surface area contributed by atoms with E-state index in [4.69, 9.17) is 23.2 Å². The number of alkyl halides is 2. The molecule has 0 aliphatic rings. The van der Waals surface area contributed by atoms with E-state index in [0.717, 1.165) is 12.3 Å². The molecule has 0 saturated carbocycles. The molecule has 100 valence electrons. The van der Waals surface area contributed by atoms with Gasteiger partial charge in [-0.15, -0.1) is 23.2 Å². The first kappa shape index (κ1) is 14.8. The molecule has 0 saturated heterocycles. The van der Waals surface area contributed by atoms with Crippen LogP contribution in [0.3, 0.4) is 0 Å². The molecule has 0 aliphatic carbocycles. The van der Waals surface area contributed by atoms with Crippen LogP contribution < -0.4 is 5.32 Å². The Labute approximate surface area is 114 Å². The van der Waals surface area contributed by atoms with Gasteiger partial charge in [-0.2, -0.15) is 0 Å². The van der Waals surface area contributed by atoms with Gasteiger partial charge in [-0.3, -0.25) is 14.9 Å². The molecule has 18 heavy (non-hydrogen) atoms. The second-order valence-electron chi connectivity index (χ2n) is 3.88. The minimum absolute atomic E-state index is 0.106. The number of aromatic nitrogens is 1. The fourth-order valence-electron chi connectivity index (χ4n) is 1.31. The Morgan fingerprint density at radius 2 is 2.17 bits per heavy atom. The summed E-state index contributed by atoms with van der Waals surface area (Å²) in [6.07, 6.45) is 1.72. The van der Waals surface area contributed by atoms with Crippen molar-refractivity contribution in [1.29, 1.82) is 0 Å². The van der Waals surface area contributed by atoms with E-state index in [-0.39, 0.29) is 23.1 Å². The van der Waals surface area contributed by atoms with Gasteiger partial charge in [-0.25, -0.2) is 0 Å². The smallest absolute Gasteiger partial charge is 0.287 e. The van der Waals surface area contributed by atoms with Gasteiger partial charge in [0.15, 0.2) is 0 Å². The largest absolute Gasteiger partial charge is 0.351 e. The zero-order valence-corrected chi connectivity index (χ0v) is 11.2. The van der Waals surface area contributed by atoms with E-state index in [1.165, 1.54) is 0 Å². The third-order valence-electron chi connectivity index (χ3n) is 2.69. The molecule has 0 aliphatic heterocycles. The van der Waals surface area contributed by atoms with Crippen LogP contribution in [0.4, 0.5) is 5.69 Å². The molecule has 0 radical (unpaired) electrons. The number of nitrogens with one attached hydrogen (secondary N) is 2. The highest BCUT2D eigenvalue weighted by molar-refractivity contribution is 6.22. The van der Waals surface area contributed by atoms with Crippen molar-refractivity contribution in [3.63, 3.8) is 0 Å². The summed E-state index contributed by atoms with van der Waals surface area (Å²) in [5.41, 5.74) is -0.770. The molecule has 1 aromatic rings. The van der Waals surface area contributed by atoms with E-state index >= 15 is 0 Å². The number of H-pyrrole nitrogens is 1. The molecule has 0 unspecified atom stereocenters. The first-order valence-electron chi connectivity index (χ1n) is 5.25. The Hall–Kier alpha value is -1.27. The number of carbonyl (C=O) groups is 1. The van der Waals surface area contributed by atoms with Crippen molar-refractivity contribution in [3.05, 3.63) is 28.1 Å². The highest BCUT2D eigenvalue weighted by Gasteiger charge is 2.29. The lowest BCUT2D eigenvalue weighted by atomic mass is 10.0. The lowest BCUT2D eigenvalue weighted by Crippen LogP contribution is -2.51. The first-order valence-corrected chi connectivity index (χ1v) is 6.32. The molecule has 6 nitrogen and oxygen atoms in total. The van der Waals surface area contributed by atoms with Crippen LogP contribution in [-0.4, -0.2) is 33.1 Å². The molecule has 0 fully saturated rings. The molecule has 0 bridgehead atoms. The van der Waals surface area contributed by atoms with Crippen molar-refractivity contribution in [2.24, 2.45) is 0 Å². The topological polar surface area (TPSA) is 88.0 Å². The maximum absolute atomic E-state index is 11.9. The maximum Gasteiger partial charge on any atom is 0.287 e. The molecule has 1 heterocycles. The number of rotatable bonds is 6. The molecule has 1 rings (SSSR count). The third kappa shape index (κ3) is 3.14. The van der Waals surface area contributed by atoms with Crippen molar-refractivity contribution >= 4 is 34.8 Å². The number of nitrogens with zero attached hydrogens (tertiary/aromatic N) is 1. The van der Waals surface area contributed by atoms with Crippen LogP contribution in [0.5, 0.6) is 0 Å². The quantitative estimate of drug-likeness (QED) is 0.479. The molecular formula is C10H13Cl2N3O3. The molecule has 2 N–H and O–H groups in total. The standard InChI is InChI=1S/C10H13Cl2N3O3/c1-2-10(5-11,6-12)14-9(16)8-3-7(4-13-8)15(17)18/h3-4,13H,2,5-6H2,1H3,(H,14,16). The summed E-state index contributed by atoms with van der Waals surface area (Å²) in [6, 6.07) is 1.16. The SMILES string of the molecule is CCC(CCl)(CCl)NC(=O)c1cc([N+](=O)[O-])c[nH]1. The van der Waals surface area contributed by atoms with E-state index in [1.807, 2.05) is 6.92 Å². The van der Waals surface area contributed by atoms with Crippen LogP contribution in [0.2, 0.25) is 0 Å². The number of carbonyl (C=O) groups excluding carboxylic acids is 1. The lowest BCUT2D eigenvalue weighted by Gasteiger charge is -2.29. The van der Waals surface area contributed by atoms with Crippen LogP contribution in [0, 0.1) is 10.1 Å². The van der Waals surface area contributed by atoms with E-state index in [0.29, 0.717) is 6.42 Å². The molecular weight excluding hydrogens is 281 g/mol. The Morgan fingerprint density at radius 1 is 1.56 bits per heavy atom. The van der Waals surface area contributed by atoms with Gasteiger partial charge >= 0.3 is 0 Å². The van der Waals surface area contributed by atoms with Gasteiger partial charge < -0.3 is 10.3 Å². The molecule has 1 amide bonds. The summed E-state index contributed by atoms with van der Waals surface area (Å²) < 4.78 is 0. The predicted molar refractivity (Wildman–Crippen MR) is 69.4 cm³/mol. The minimum atomic E-state index is -0.708. The van der Waals surface area contributed by atoms with Gasteiger partial charge in [-0.1, -0.05) is 6.92 Å². The maximum atomic E-state index is 11.9. The normalized spacial score (nSPS) is 11.3. The number of amides is 1. The second-order valence-corrected chi connectivity index (χ2v) is 4.42. The molecule has 1 aromatic heterocycles. The molecule has 8 heteroatoms. The Kier molecular flexibility index (Phi) is 4.98. The molecule has 0 atom stereocenters. The van der Waals surface area contributed by atoms with Crippen LogP contribution >= 0.6 is 23.2 Å². The lowest BCUT2D eigenvalue weighted by molar-refractivity contribution is -0.384. The van der Waals surface area contributed by atoms with Gasteiger partial charge in [0.1, 0.15) is 5.69 Å². The van der Waals surface area contributed by atoms with E-state index in [2.05, 4.69) is 10.3 Å². The second kappa shape index (κ2) is 6.06. The van der Waals surface area contributed by atoms with E-state index in [9.17, 15) is 14.9 Å². The van der Waals surface area contributed by atoms with Crippen LogP contribution in [0.1, 0.15) is 23.8 Å². The van der Waals surface area contributed by atoms with Crippen LogP contribution in [0.15, 0.2) is 12.3 Å². The minimum Gasteiger partial charge on any atom is -0.351 e. The van der Waals surface area contributed by atoms with Gasteiger partial charge in [0.2, 0.25) is 0 Å².